The number of hydrogen-bond donors (Lipinski definition) is 1. The molecule has 0 aliphatic carbocycles. The molecule has 0 aliphatic rings. The van der Waals surface area contributed by atoms with Gasteiger partial charge in [0.15, 0.2) is 6.10 Å². The third kappa shape index (κ3) is 42.9. The molecule has 0 amide bonds. The Balaban J connectivity index is 4.48. The molecular formula is C47H83NO8P+. The van der Waals surface area contributed by atoms with Gasteiger partial charge < -0.3 is 18.9 Å². The van der Waals surface area contributed by atoms with Crippen LogP contribution in [0, 0.1) is 0 Å². The van der Waals surface area contributed by atoms with Crippen molar-refractivity contribution >= 4 is 19.8 Å². The highest BCUT2D eigenvalue weighted by Gasteiger charge is 2.27. The second-order valence-electron chi connectivity index (χ2n) is 15.7. The van der Waals surface area contributed by atoms with Gasteiger partial charge in [-0.3, -0.25) is 18.6 Å². The molecule has 57 heavy (non-hydrogen) atoms. The third-order valence-corrected chi connectivity index (χ3v) is 9.95. The van der Waals surface area contributed by atoms with Crippen molar-refractivity contribution in [2.75, 3.05) is 47.5 Å². The summed E-state index contributed by atoms with van der Waals surface area (Å²) in [6, 6.07) is 0. The van der Waals surface area contributed by atoms with Crippen molar-refractivity contribution in [3.05, 3.63) is 72.9 Å². The first-order valence-electron chi connectivity index (χ1n) is 22.2. The van der Waals surface area contributed by atoms with Gasteiger partial charge in [0, 0.05) is 12.8 Å². The lowest BCUT2D eigenvalue weighted by molar-refractivity contribution is -0.870. The SMILES string of the molecule is CC/C=C\C/C=C\C/C=C\C/C=C\C/C=C\CCCC(=O)O[C@H](COC(=O)CCCCCCC/C=C\CCCCCCCCC)COP(=O)(O)OCC[N+](C)(C)C. The van der Waals surface area contributed by atoms with Gasteiger partial charge in [0.25, 0.3) is 0 Å². The molecule has 0 fully saturated rings. The summed E-state index contributed by atoms with van der Waals surface area (Å²) in [7, 11) is 1.42. The first kappa shape index (κ1) is 54.5. The van der Waals surface area contributed by atoms with Crippen molar-refractivity contribution < 1.29 is 42.1 Å². The molecule has 1 N–H and O–H groups in total. The lowest BCUT2D eigenvalue weighted by Crippen LogP contribution is -2.37. The van der Waals surface area contributed by atoms with Crippen LogP contribution >= 0.6 is 7.82 Å². The second-order valence-corrected chi connectivity index (χ2v) is 17.1. The quantitative estimate of drug-likeness (QED) is 0.0215. The van der Waals surface area contributed by atoms with Crippen molar-refractivity contribution in [3.63, 3.8) is 0 Å². The third-order valence-electron chi connectivity index (χ3n) is 8.97. The number of hydrogen-bond acceptors (Lipinski definition) is 7. The molecular weight excluding hydrogens is 737 g/mol. The van der Waals surface area contributed by atoms with Crippen LogP contribution in [0.3, 0.4) is 0 Å². The topological polar surface area (TPSA) is 108 Å². The zero-order valence-electron chi connectivity index (χ0n) is 36.8. The Hall–Kier alpha value is -2.55. The number of carbonyl (C=O) groups excluding carboxylic acids is 2. The number of nitrogens with zero attached hydrogens (tertiary/aromatic N) is 1. The van der Waals surface area contributed by atoms with Crippen LogP contribution < -0.4 is 0 Å². The maximum absolute atomic E-state index is 12.7. The van der Waals surface area contributed by atoms with E-state index in [0.717, 1.165) is 70.6 Å². The first-order valence-corrected chi connectivity index (χ1v) is 23.7. The molecule has 1 unspecified atom stereocenters. The fourth-order valence-electron chi connectivity index (χ4n) is 5.51. The van der Waals surface area contributed by atoms with Crippen LogP contribution in [0.1, 0.15) is 162 Å². The molecule has 0 spiro atoms. The van der Waals surface area contributed by atoms with Crippen molar-refractivity contribution in [3.8, 4) is 0 Å². The Labute approximate surface area is 348 Å². The summed E-state index contributed by atoms with van der Waals surface area (Å²) in [4.78, 5) is 35.3. The van der Waals surface area contributed by atoms with Crippen LogP contribution in [0.15, 0.2) is 72.9 Å². The van der Waals surface area contributed by atoms with Crippen LogP contribution in [0.5, 0.6) is 0 Å². The number of likely N-dealkylation sites (N-methyl/N-ethyl adjacent to an activating group) is 1. The minimum atomic E-state index is -4.40. The predicted octanol–water partition coefficient (Wildman–Crippen LogP) is 12.6. The predicted molar refractivity (Wildman–Crippen MR) is 238 cm³/mol. The Morgan fingerprint density at radius 1 is 0.561 bits per heavy atom. The van der Waals surface area contributed by atoms with Gasteiger partial charge in [-0.2, -0.15) is 0 Å². The van der Waals surface area contributed by atoms with Gasteiger partial charge in [-0.05, 0) is 77.0 Å². The molecule has 0 heterocycles. The van der Waals surface area contributed by atoms with E-state index in [-0.39, 0.29) is 26.1 Å². The molecule has 0 aromatic heterocycles. The molecule has 0 saturated heterocycles. The Bertz CT molecular complexity index is 1200. The number of unbranched alkanes of at least 4 members (excludes halogenated alkanes) is 13. The van der Waals surface area contributed by atoms with E-state index in [9.17, 15) is 19.0 Å². The highest BCUT2D eigenvalue weighted by atomic mass is 31.2. The molecule has 9 nitrogen and oxygen atoms in total. The molecule has 328 valence electrons. The lowest BCUT2D eigenvalue weighted by Gasteiger charge is -2.24. The van der Waals surface area contributed by atoms with Gasteiger partial charge in [0.2, 0.25) is 0 Å². The molecule has 0 bridgehead atoms. The number of ether oxygens (including phenoxy) is 2. The van der Waals surface area contributed by atoms with Crippen molar-refractivity contribution in [1.82, 2.24) is 0 Å². The number of phosphoric ester groups is 1. The average molecular weight is 821 g/mol. The summed E-state index contributed by atoms with van der Waals surface area (Å²) in [5, 5.41) is 0. The molecule has 0 saturated carbocycles. The Morgan fingerprint density at radius 2 is 1.02 bits per heavy atom. The van der Waals surface area contributed by atoms with E-state index in [1.54, 1.807) is 0 Å². The molecule has 0 rings (SSSR count). The van der Waals surface area contributed by atoms with Crippen LogP contribution in [-0.4, -0.2) is 74.9 Å². The molecule has 0 aromatic carbocycles. The van der Waals surface area contributed by atoms with Gasteiger partial charge in [0.1, 0.15) is 19.8 Å². The highest BCUT2D eigenvalue weighted by molar-refractivity contribution is 7.47. The second kappa shape index (κ2) is 38.9. The van der Waals surface area contributed by atoms with Crippen LogP contribution in [0.2, 0.25) is 0 Å². The fraction of sp³-hybridized carbons (Fsp3) is 0.702. The highest BCUT2D eigenvalue weighted by Crippen LogP contribution is 2.43. The summed E-state index contributed by atoms with van der Waals surface area (Å²) < 4.78 is 34.2. The van der Waals surface area contributed by atoms with Crippen LogP contribution in [0.25, 0.3) is 0 Å². The summed E-state index contributed by atoms with van der Waals surface area (Å²) in [6.45, 7) is 4.21. The summed E-state index contributed by atoms with van der Waals surface area (Å²) in [5.41, 5.74) is 0. The average Bonchev–Trinajstić information content (AvgIpc) is 3.16. The number of quaternary nitrogens is 1. The summed E-state index contributed by atoms with van der Waals surface area (Å²) in [5.74, 6) is -0.882. The number of phosphoric acid groups is 1. The molecule has 0 aromatic rings. The van der Waals surface area contributed by atoms with E-state index in [4.69, 9.17) is 18.5 Å². The van der Waals surface area contributed by atoms with E-state index < -0.39 is 32.5 Å². The van der Waals surface area contributed by atoms with E-state index in [1.807, 2.05) is 27.2 Å². The molecule has 0 aliphatic heterocycles. The number of rotatable bonds is 39. The summed E-state index contributed by atoms with van der Waals surface area (Å²) >= 11 is 0. The maximum Gasteiger partial charge on any atom is 0.472 e. The lowest BCUT2D eigenvalue weighted by atomic mass is 10.1. The van der Waals surface area contributed by atoms with E-state index in [2.05, 4.69) is 80.7 Å². The van der Waals surface area contributed by atoms with E-state index in [1.165, 1.54) is 51.4 Å². The van der Waals surface area contributed by atoms with Gasteiger partial charge in [-0.25, -0.2) is 4.57 Å². The number of esters is 2. The minimum absolute atomic E-state index is 0.0164. The van der Waals surface area contributed by atoms with Gasteiger partial charge in [-0.15, -0.1) is 0 Å². The fourth-order valence-corrected chi connectivity index (χ4v) is 6.25. The molecule has 2 atom stereocenters. The van der Waals surface area contributed by atoms with Crippen molar-refractivity contribution in [2.45, 2.75) is 168 Å². The Kier molecular flexibility index (Phi) is 37.2. The summed E-state index contributed by atoms with van der Waals surface area (Å²) in [6.07, 6.45) is 48.1. The van der Waals surface area contributed by atoms with Gasteiger partial charge in [-0.1, -0.05) is 145 Å². The number of allylic oxidation sites excluding steroid dienone is 12. The normalized spacial score (nSPS) is 14.3. The van der Waals surface area contributed by atoms with Crippen LogP contribution in [0.4, 0.5) is 0 Å². The zero-order valence-corrected chi connectivity index (χ0v) is 37.7. The maximum atomic E-state index is 12.7. The van der Waals surface area contributed by atoms with Crippen molar-refractivity contribution in [2.24, 2.45) is 0 Å². The van der Waals surface area contributed by atoms with E-state index >= 15 is 0 Å². The van der Waals surface area contributed by atoms with E-state index in [0.29, 0.717) is 23.9 Å². The Morgan fingerprint density at radius 3 is 1.56 bits per heavy atom. The molecule has 0 radical (unpaired) electrons. The first-order chi connectivity index (χ1) is 27.5. The minimum Gasteiger partial charge on any atom is -0.462 e. The number of carbonyl (C=O) groups is 2. The van der Waals surface area contributed by atoms with Gasteiger partial charge >= 0.3 is 19.8 Å². The largest absolute Gasteiger partial charge is 0.472 e. The monoisotopic (exact) mass is 821 g/mol. The van der Waals surface area contributed by atoms with Crippen molar-refractivity contribution in [1.29, 1.82) is 0 Å². The van der Waals surface area contributed by atoms with Gasteiger partial charge in [0.05, 0.1) is 27.7 Å². The van der Waals surface area contributed by atoms with Crippen LogP contribution in [-0.2, 0) is 32.7 Å². The zero-order chi connectivity index (χ0) is 42.1. The smallest absolute Gasteiger partial charge is 0.462 e. The molecule has 10 heteroatoms. The standard InChI is InChI=1S/C47H82NO8P/c1-6-8-10-12-14-16-18-20-22-24-26-28-30-32-34-36-38-40-47(50)56-45(44-55-57(51,52)54-42-41-48(3,4)5)43-53-46(49)39-37-35-33-31-29-27-25-23-21-19-17-15-13-11-9-7-2/h8,10,14,16,20,22-23,25-26,28,32,34,45H,6-7,9,11-13,15,17-19,21,24,27,29-31,33,35-44H2,1-5H3/p+1/b10-8-,16-14-,22-20-,25-23-,28-26-,34-32-/t45-/m1/s1.